The van der Waals surface area contributed by atoms with Gasteiger partial charge in [-0.05, 0) is 43.6 Å². The van der Waals surface area contributed by atoms with Gasteiger partial charge in [0, 0.05) is 6.42 Å². The highest BCUT2D eigenvalue weighted by atomic mass is 16.3. The smallest absolute Gasteiger partial charge is 0.0621 e. The number of aliphatic hydroxyl groups excluding tert-OH is 1. The number of aliphatic hydroxyl groups is 1. The van der Waals surface area contributed by atoms with E-state index < -0.39 is 0 Å². The first kappa shape index (κ1) is 11.4. The predicted octanol–water partition coefficient (Wildman–Crippen LogP) is 1.34. The molecule has 1 nitrogen and oxygen atoms in total. The lowest BCUT2D eigenvalue weighted by Crippen LogP contribution is -1.95. The third-order valence-corrected chi connectivity index (χ3v) is 0.996. The van der Waals surface area contributed by atoms with Gasteiger partial charge >= 0.3 is 0 Å². The minimum atomic E-state index is -0.386. The van der Waals surface area contributed by atoms with Crippen LogP contribution < -0.4 is 0 Å². The third kappa shape index (κ3) is 10.4. The summed E-state index contributed by atoms with van der Waals surface area (Å²) in [5.74, 6) is 15.8. The van der Waals surface area contributed by atoms with Gasteiger partial charge < -0.3 is 5.11 Å². The van der Waals surface area contributed by atoms with Crippen LogP contribution in [0.3, 0.4) is 0 Å². The van der Waals surface area contributed by atoms with Crippen LogP contribution in [0.4, 0.5) is 0 Å². The molecule has 66 valence electrons. The van der Waals surface area contributed by atoms with E-state index in [9.17, 15) is 0 Å². The van der Waals surface area contributed by atoms with E-state index in [2.05, 4.69) is 35.5 Å². The molecular weight excluding hydrogens is 160 g/mol. The van der Waals surface area contributed by atoms with Crippen LogP contribution in [-0.4, -0.2) is 11.2 Å². The van der Waals surface area contributed by atoms with Crippen molar-refractivity contribution in [3.8, 4) is 35.5 Å². The molecule has 0 spiro atoms. The van der Waals surface area contributed by atoms with Crippen molar-refractivity contribution in [1.82, 2.24) is 0 Å². The second kappa shape index (κ2) is 8.48. The van der Waals surface area contributed by atoms with Gasteiger partial charge in [-0.3, -0.25) is 0 Å². The van der Waals surface area contributed by atoms with E-state index in [0.29, 0.717) is 6.42 Å². The molecule has 0 bridgehead atoms. The third-order valence-electron chi connectivity index (χ3n) is 0.996. The average Bonchev–Trinajstić information content (AvgIpc) is 2.09. The number of rotatable bonds is 1. The minimum Gasteiger partial charge on any atom is -0.392 e. The van der Waals surface area contributed by atoms with Crippen molar-refractivity contribution in [2.75, 3.05) is 0 Å². The molecule has 1 heteroatoms. The fourth-order valence-corrected chi connectivity index (χ4v) is 0.467. The molecule has 0 radical (unpaired) electrons. The van der Waals surface area contributed by atoms with Gasteiger partial charge in [0.05, 0.1) is 6.10 Å². The molecule has 13 heavy (non-hydrogen) atoms. The first-order valence-corrected chi connectivity index (χ1v) is 4.05. The summed E-state index contributed by atoms with van der Waals surface area (Å²) in [6.45, 7) is 3.58. The molecule has 0 fully saturated rings. The Kier molecular flexibility index (Phi) is 7.42. The van der Waals surface area contributed by atoms with E-state index in [0.717, 1.165) is 0 Å². The zero-order valence-corrected chi connectivity index (χ0v) is 7.89. The van der Waals surface area contributed by atoms with E-state index in [-0.39, 0.29) is 6.10 Å². The van der Waals surface area contributed by atoms with E-state index in [1.807, 2.05) is 13.0 Å². The number of allylic oxidation sites excluding steroid dienone is 2. The summed E-state index contributed by atoms with van der Waals surface area (Å²) in [6.07, 6.45) is 3.63. The first-order chi connectivity index (χ1) is 6.27. The Morgan fingerprint density at radius 3 is 2.54 bits per heavy atom. The molecule has 0 aromatic heterocycles. The highest BCUT2D eigenvalue weighted by molar-refractivity contribution is 5.37. The second-order valence-corrected chi connectivity index (χ2v) is 2.37. The quantitative estimate of drug-likeness (QED) is 0.592. The zero-order valence-electron chi connectivity index (χ0n) is 7.89. The molecular formula is C12H12O. The van der Waals surface area contributed by atoms with Crippen LogP contribution >= 0.6 is 0 Å². The van der Waals surface area contributed by atoms with Crippen molar-refractivity contribution in [1.29, 1.82) is 0 Å². The number of hydrogen-bond acceptors (Lipinski definition) is 1. The van der Waals surface area contributed by atoms with Gasteiger partial charge in [-0.2, -0.15) is 0 Å². The zero-order chi connectivity index (χ0) is 9.94. The molecule has 0 amide bonds. The summed E-state index contributed by atoms with van der Waals surface area (Å²) in [4.78, 5) is 0. The summed E-state index contributed by atoms with van der Waals surface area (Å²) in [5, 5.41) is 8.84. The van der Waals surface area contributed by atoms with Crippen LogP contribution in [-0.2, 0) is 0 Å². The Bertz CT molecular complexity index is 329. The van der Waals surface area contributed by atoms with Crippen molar-refractivity contribution in [3.63, 3.8) is 0 Å². The van der Waals surface area contributed by atoms with Crippen molar-refractivity contribution in [2.45, 2.75) is 26.4 Å². The molecule has 0 saturated carbocycles. The maximum absolute atomic E-state index is 8.84. The standard InChI is InChI=1S/C12H12O/c1-3-4-5-6-7-8-9-10-11-12(2)13/h3-4,12-13H,11H2,1-2H3/b4-3+. The maximum atomic E-state index is 8.84. The molecule has 0 aliphatic heterocycles. The van der Waals surface area contributed by atoms with Crippen molar-refractivity contribution in [2.24, 2.45) is 0 Å². The summed E-state index contributed by atoms with van der Waals surface area (Å²) in [5.41, 5.74) is 0. The molecule has 0 heterocycles. The molecule has 1 N–H and O–H groups in total. The summed E-state index contributed by atoms with van der Waals surface area (Å²) < 4.78 is 0. The fraction of sp³-hybridized carbons (Fsp3) is 0.333. The van der Waals surface area contributed by atoms with Gasteiger partial charge in [-0.15, -0.1) is 0 Å². The van der Waals surface area contributed by atoms with E-state index in [1.165, 1.54) is 0 Å². The van der Waals surface area contributed by atoms with Crippen LogP contribution in [0.25, 0.3) is 0 Å². The van der Waals surface area contributed by atoms with E-state index >= 15 is 0 Å². The molecule has 0 aliphatic carbocycles. The Hall–Kier alpha value is -1.62. The lowest BCUT2D eigenvalue weighted by molar-refractivity contribution is 0.201. The number of hydrogen-bond donors (Lipinski definition) is 1. The summed E-state index contributed by atoms with van der Waals surface area (Å²) >= 11 is 0. The van der Waals surface area contributed by atoms with Crippen LogP contribution in [0.5, 0.6) is 0 Å². The van der Waals surface area contributed by atoms with E-state index in [4.69, 9.17) is 5.11 Å². The SMILES string of the molecule is C/C=C/C#CC#CC#CCC(C)O. The molecule has 0 aromatic rings. The van der Waals surface area contributed by atoms with Crippen LogP contribution in [0.15, 0.2) is 12.2 Å². The molecule has 1 unspecified atom stereocenters. The van der Waals surface area contributed by atoms with Gasteiger partial charge in [0.15, 0.2) is 0 Å². The van der Waals surface area contributed by atoms with Gasteiger partial charge in [-0.1, -0.05) is 17.9 Å². The molecule has 1 atom stereocenters. The topological polar surface area (TPSA) is 20.2 Å². The monoisotopic (exact) mass is 172 g/mol. The van der Waals surface area contributed by atoms with Gasteiger partial charge in [-0.25, -0.2) is 0 Å². The van der Waals surface area contributed by atoms with Crippen molar-refractivity contribution >= 4 is 0 Å². The Labute approximate surface area is 79.9 Å². The first-order valence-electron chi connectivity index (χ1n) is 4.05. The van der Waals surface area contributed by atoms with Crippen LogP contribution in [0.1, 0.15) is 20.3 Å². The minimum absolute atomic E-state index is 0.386. The average molecular weight is 172 g/mol. The molecule has 0 rings (SSSR count). The Balaban J connectivity index is 3.85. The lowest BCUT2D eigenvalue weighted by atomic mass is 10.3. The van der Waals surface area contributed by atoms with Crippen molar-refractivity contribution in [3.05, 3.63) is 12.2 Å². The van der Waals surface area contributed by atoms with Crippen LogP contribution in [0.2, 0.25) is 0 Å². The fourth-order valence-electron chi connectivity index (χ4n) is 0.467. The van der Waals surface area contributed by atoms with Gasteiger partial charge in [0.25, 0.3) is 0 Å². The van der Waals surface area contributed by atoms with Crippen molar-refractivity contribution < 1.29 is 5.11 Å². The maximum Gasteiger partial charge on any atom is 0.0621 e. The molecule has 0 aromatic carbocycles. The van der Waals surface area contributed by atoms with Crippen LogP contribution in [0, 0.1) is 35.5 Å². The highest BCUT2D eigenvalue weighted by Crippen LogP contribution is 1.83. The van der Waals surface area contributed by atoms with Gasteiger partial charge in [0.2, 0.25) is 0 Å². The normalized spacial score (nSPS) is 10.1. The van der Waals surface area contributed by atoms with Gasteiger partial charge in [0.1, 0.15) is 0 Å². The van der Waals surface area contributed by atoms with E-state index in [1.54, 1.807) is 13.0 Å². The summed E-state index contributed by atoms with van der Waals surface area (Å²) in [7, 11) is 0. The largest absolute Gasteiger partial charge is 0.392 e. The molecule has 0 aliphatic rings. The Morgan fingerprint density at radius 1 is 1.23 bits per heavy atom. The second-order valence-electron chi connectivity index (χ2n) is 2.37. The highest BCUT2D eigenvalue weighted by Gasteiger charge is 1.86. The lowest BCUT2D eigenvalue weighted by Gasteiger charge is -1.90. The molecule has 0 saturated heterocycles. The Morgan fingerprint density at radius 2 is 1.92 bits per heavy atom. The predicted molar refractivity (Wildman–Crippen MR) is 54.4 cm³/mol. The summed E-state index contributed by atoms with van der Waals surface area (Å²) in [6, 6.07) is 0.